The Morgan fingerprint density at radius 3 is 1.58 bits per heavy atom. The fourth-order valence-corrected chi connectivity index (χ4v) is 5.08. The van der Waals surface area contributed by atoms with Crippen molar-refractivity contribution in [2.75, 3.05) is 46.9 Å². The summed E-state index contributed by atoms with van der Waals surface area (Å²) in [5, 5.41) is 0. The van der Waals surface area contributed by atoms with Gasteiger partial charge in [0.25, 0.3) is 0 Å². The third kappa shape index (κ3) is 7.43. The van der Waals surface area contributed by atoms with Crippen LogP contribution in [0.1, 0.15) is 70.7 Å². The average Bonchev–Trinajstić information content (AvgIpc) is 3.25. The van der Waals surface area contributed by atoms with Gasteiger partial charge in [-0.2, -0.15) is 0 Å². The van der Waals surface area contributed by atoms with Gasteiger partial charge in [-0.3, -0.25) is 9.69 Å². The highest BCUT2D eigenvalue weighted by Crippen LogP contribution is 2.33. The molecule has 2 aromatic carbocycles. The lowest BCUT2D eigenvalue weighted by Crippen LogP contribution is -2.45. The van der Waals surface area contributed by atoms with Gasteiger partial charge in [-0.15, -0.1) is 0 Å². The maximum absolute atomic E-state index is 14.1. The Morgan fingerprint density at radius 2 is 1.19 bits per heavy atom. The summed E-state index contributed by atoms with van der Waals surface area (Å²) >= 11 is 0. The maximum Gasteiger partial charge on any atom is 0.230 e. The lowest BCUT2D eigenvalue weighted by molar-refractivity contribution is -0.140. The van der Waals surface area contributed by atoms with Crippen molar-refractivity contribution in [2.24, 2.45) is 5.41 Å². The molecule has 4 nitrogen and oxygen atoms in total. The van der Waals surface area contributed by atoms with Crippen LogP contribution >= 0.6 is 0 Å². The summed E-state index contributed by atoms with van der Waals surface area (Å²) in [6.07, 6.45) is 1.48. The molecule has 1 saturated heterocycles. The number of carbonyl (C=O) groups is 1. The van der Waals surface area contributed by atoms with E-state index in [4.69, 9.17) is 0 Å². The predicted molar refractivity (Wildman–Crippen MR) is 153 cm³/mol. The van der Waals surface area contributed by atoms with Crippen LogP contribution in [-0.4, -0.2) is 67.5 Å². The van der Waals surface area contributed by atoms with E-state index in [1.165, 1.54) is 22.3 Å². The third-order valence-corrected chi connectivity index (χ3v) is 7.55. The van der Waals surface area contributed by atoms with Gasteiger partial charge in [-0.25, -0.2) is 0 Å². The maximum atomic E-state index is 14.1. The standard InChI is InChI=1S/C32H49N3O/c1-30(2,3)27-14-10-25(11-15-27)22-32(7,23-26-12-16-28(17-13-26)31(4,5)6)29(36)35-21-20-34(24-35)19-18-33(8)9/h10-17H,18-24H2,1-9H3. The summed E-state index contributed by atoms with van der Waals surface area (Å²) < 4.78 is 0. The first-order valence-corrected chi connectivity index (χ1v) is 13.5. The van der Waals surface area contributed by atoms with Crippen LogP contribution in [0.2, 0.25) is 0 Å². The van der Waals surface area contributed by atoms with Gasteiger partial charge in [0.15, 0.2) is 0 Å². The molecule has 0 saturated carbocycles. The smallest absolute Gasteiger partial charge is 0.230 e. The van der Waals surface area contributed by atoms with Crippen molar-refractivity contribution in [3.05, 3.63) is 70.8 Å². The molecule has 0 atom stereocenters. The normalized spacial score (nSPS) is 15.7. The molecule has 2 aromatic rings. The summed E-state index contributed by atoms with van der Waals surface area (Å²) in [5.41, 5.74) is 4.86. The Kier molecular flexibility index (Phi) is 8.73. The molecule has 1 heterocycles. The quantitative estimate of drug-likeness (QED) is 0.471. The second-order valence-electron chi connectivity index (χ2n) is 13.4. The van der Waals surface area contributed by atoms with Gasteiger partial charge in [-0.1, -0.05) is 97.0 Å². The monoisotopic (exact) mass is 491 g/mol. The molecule has 1 fully saturated rings. The molecule has 198 valence electrons. The number of carbonyl (C=O) groups excluding carboxylic acids is 1. The van der Waals surface area contributed by atoms with Crippen LogP contribution in [-0.2, 0) is 28.5 Å². The van der Waals surface area contributed by atoms with Crippen molar-refractivity contribution < 1.29 is 4.79 Å². The van der Waals surface area contributed by atoms with Crippen LogP contribution in [0.4, 0.5) is 0 Å². The number of nitrogens with zero attached hydrogens (tertiary/aromatic N) is 3. The number of benzene rings is 2. The molecule has 1 aliphatic heterocycles. The summed E-state index contributed by atoms with van der Waals surface area (Å²) in [5.74, 6) is 0.273. The van der Waals surface area contributed by atoms with Gasteiger partial charge in [0.05, 0.1) is 12.1 Å². The average molecular weight is 492 g/mol. The van der Waals surface area contributed by atoms with Crippen molar-refractivity contribution in [2.45, 2.75) is 72.1 Å². The fourth-order valence-electron chi connectivity index (χ4n) is 5.08. The zero-order valence-corrected chi connectivity index (χ0v) is 24.3. The van der Waals surface area contributed by atoms with E-state index in [2.05, 4.69) is 126 Å². The zero-order chi connectivity index (χ0) is 26.7. The SMILES string of the molecule is CN(C)CCN1CCN(C(=O)C(C)(Cc2ccc(C(C)(C)C)cc2)Cc2ccc(C(C)(C)C)cc2)C1. The highest BCUT2D eigenvalue weighted by molar-refractivity contribution is 5.83. The Balaban J connectivity index is 1.84. The molecule has 1 aliphatic rings. The summed E-state index contributed by atoms with van der Waals surface area (Å²) in [4.78, 5) is 20.8. The van der Waals surface area contributed by atoms with Crippen molar-refractivity contribution in [3.8, 4) is 0 Å². The van der Waals surface area contributed by atoms with Gasteiger partial charge in [0.2, 0.25) is 5.91 Å². The van der Waals surface area contributed by atoms with Crippen LogP contribution in [0, 0.1) is 5.41 Å². The second kappa shape index (κ2) is 11.1. The van der Waals surface area contributed by atoms with Gasteiger partial charge in [0.1, 0.15) is 0 Å². The molecular weight excluding hydrogens is 442 g/mol. The topological polar surface area (TPSA) is 26.8 Å². The van der Waals surface area contributed by atoms with Gasteiger partial charge < -0.3 is 9.80 Å². The molecule has 0 N–H and O–H groups in total. The number of hydrogen-bond donors (Lipinski definition) is 0. The van der Waals surface area contributed by atoms with Crippen molar-refractivity contribution in [3.63, 3.8) is 0 Å². The van der Waals surface area contributed by atoms with E-state index >= 15 is 0 Å². The van der Waals surface area contributed by atoms with E-state index in [9.17, 15) is 4.79 Å². The fraction of sp³-hybridized carbons (Fsp3) is 0.594. The molecule has 4 heteroatoms. The number of amides is 1. The second-order valence-corrected chi connectivity index (χ2v) is 13.4. The Hall–Kier alpha value is -2.17. The number of hydrogen-bond acceptors (Lipinski definition) is 3. The molecule has 0 aromatic heterocycles. The van der Waals surface area contributed by atoms with Crippen molar-refractivity contribution in [1.29, 1.82) is 0 Å². The van der Waals surface area contributed by atoms with Crippen molar-refractivity contribution >= 4 is 5.91 Å². The highest BCUT2D eigenvalue weighted by atomic mass is 16.2. The molecular formula is C32H49N3O. The third-order valence-electron chi connectivity index (χ3n) is 7.55. The molecule has 0 unspecified atom stereocenters. The first-order valence-electron chi connectivity index (χ1n) is 13.5. The first-order chi connectivity index (χ1) is 16.7. The largest absolute Gasteiger partial charge is 0.328 e. The Morgan fingerprint density at radius 1 is 0.750 bits per heavy atom. The Labute approximate surface area is 220 Å². The molecule has 1 amide bonds. The van der Waals surface area contributed by atoms with Gasteiger partial charge >= 0.3 is 0 Å². The minimum Gasteiger partial charge on any atom is -0.328 e. The van der Waals surface area contributed by atoms with Crippen LogP contribution in [0.25, 0.3) is 0 Å². The molecule has 0 bridgehead atoms. The molecule has 36 heavy (non-hydrogen) atoms. The molecule has 3 rings (SSSR count). The minimum absolute atomic E-state index is 0.123. The van der Waals surface area contributed by atoms with E-state index in [1.54, 1.807) is 0 Å². The van der Waals surface area contributed by atoms with E-state index < -0.39 is 5.41 Å². The summed E-state index contributed by atoms with van der Waals surface area (Å²) in [7, 11) is 4.21. The number of likely N-dealkylation sites (N-methyl/N-ethyl adjacent to an activating group) is 1. The lowest BCUT2D eigenvalue weighted by Gasteiger charge is -2.33. The van der Waals surface area contributed by atoms with Gasteiger partial charge in [-0.05, 0) is 60.0 Å². The molecule has 0 radical (unpaired) electrons. The van der Waals surface area contributed by atoms with E-state index in [0.717, 1.165) is 45.7 Å². The molecule has 0 spiro atoms. The Bertz CT molecular complexity index is 934. The van der Waals surface area contributed by atoms with E-state index in [-0.39, 0.29) is 16.7 Å². The van der Waals surface area contributed by atoms with Crippen LogP contribution in [0.5, 0.6) is 0 Å². The van der Waals surface area contributed by atoms with Crippen LogP contribution in [0.15, 0.2) is 48.5 Å². The van der Waals surface area contributed by atoms with E-state index in [0.29, 0.717) is 0 Å². The summed E-state index contributed by atoms with van der Waals surface area (Å²) in [6, 6.07) is 17.8. The lowest BCUT2D eigenvalue weighted by atomic mass is 9.76. The van der Waals surface area contributed by atoms with E-state index in [1.807, 2.05) is 0 Å². The zero-order valence-electron chi connectivity index (χ0n) is 24.3. The van der Waals surface area contributed by atoms with Crippen LogP contribution in [0.3, 0.4) is 0 Å². The minimum atomic E-state index is -0.496. The van der Waals surface area contributed by atoms with Crippen molar-refractivity contribution in [1.82, 2.24) is 14.7 Å². The highest BCUT2D eigenvalue weighted by Gasteiger charge is 2.39. The summed E-state index contributed by atoms with van der Waals surface area (Å²) in [6.45, 7) is 20.1. The first kappa shape index (κ1) is 28.4. The van der Waals surface area contributed by atoms with Gasteiger partial charge in [0, 0.05) is 26.2 Å². The number of rotatable bonds is 8. The predicted octanol–water partition coefficient (Wildman–Crippen LogP) is 5.74. The van der Waals surface area contributed by atoms with Crippen LogP contribution < -0.4 is 0 Å². The molecule has 0 aliphatic carbocycles.